The summed E-state index contributed by atoms with van der Waals surface area (Å²) >= 11 is 0. The molecule has 0 radical (unpaired) electrons. The van der Waals surface area contributed by atoms with Crippen LogP contribution < -0.4 is 5.32 Å². The molecule has 3 atom stereocenters. The van der Waals surface area contributed by atoms with E-state index in [9.17, 15) is 0 Å². The van der Waals surface area contributed by atoms with Gasteiger partial charge < -0.3 is 10.1 Å². The van der Waals surface area contributed by atoms with Crippen molar-refractivity contribution in [2.45, 2.75) is 96.2 Å². The third-order valence-electron chi connectivity index (χ3n) is 5.51. The third-order valence-corrected chi connectivity index (χ3v) is 5.51. The molecule has 1 aliphatic heterocycles. The molecule has 0 bridgehead atoms. The van der Waals surface area contributed by atoms with Crippen molar-refractivity contribution in [2.75, 3.05) is 6.61 Å². The van der Waals surface area contributed by atoms with Crippen molar-refractivity contribution >= 4 is 0 Å². The highest BCUT2D eigenvalue weighted by Crippen LogP contribution is 2.32. The smallest absolute Gasteiger partial charge is 0.0692 e. The molecule has 1 saturated carbocycles. The summed E-state index contributed by atoms with van der Waals surface area (Å²) in [5, 5.41) is 3.96. The first-order valence-corrected chi connectivity index (χ1v) is 8.57. The van der Waals surface area contributed by atoms with Gasteiger partial charge in [-0.3, -0.25) is 0 Å². The molecule has 0 amide bonds. The zero-order valence-corrected chi connectivity index (χ0v) is 13.2. The van der Waals surface area contributed by atoms with Gasteiger partial charge in [-0.15, -0.1) is 0 Å². The Hall–Kier alpha value is -0.0800. The van der Waals surface area contributed by atoms with Crippen LogP contribution in [0.2, 0.25) is 0 Å². The molecule has 2 nitrogen and oxygen atoms in total. The highest BCUT2D eigenvalue weighted by atomic mass is 16.5. The van der Waals surface area contributed by atoms with Crippen molar-refractivity contribution in [1.29, 1.82) is 0 Å². The van der Waals surface area contributed by atoms with E-state index in [1.165, 1.54) is 44.9 Å². The van der Waals surface area contributed by atoms with Gasteiger partial charge in [-0.05, 0) is 50.9 Å². The van der Waals surface area contributed by atoms with Gasteiger partial charge in [0.05, 0.1) is 5.60 Å². The molecule has 1 aliphatic carbocycles. The fraction of sp³-hybridized carbons (Fsp3) is 1.00. The standard InChI is InChI=1S/C17H33NO/c1-4-17(5-2)13-16(11-12-19-17)18-15-8-6-7-14(3)9-10-15/h14-16,18H,4-13H2,1-3H3. The molecule has 0 aromatic heterocycles. The van der Waals surface area contributed by atoms with Gasteiger partial charge in [0.1, 0.15) is 0 Å². The molecule has 0 aromatic carbocycles. The summed E-state index contributed by atoms with van der Waals surface area (Å²) in [5.74, 6) is 0.937. The predicted octanol–water partition coefficient (Wildman–Crippen LogP) is 4.28. The van der Waals surface area contributed by atoms with Crippen LogP contribution in [-0.2, 0) is 4.74 Å². The topological polar surface area (TPSA) is 21.3 Å². The van der Waals surface area contributed by atoms with Crippen LogP contribution in [0.1, 0.15) is 78.6 Å². The first-order chi connectivity index (χ1) is 9.17. The summed E-state index contributed by atoms with van der Waals surface area (Å²) in [7, 11) is 0. The van der Waals surface area contributed by atoms with Gasteiger partial charge in [0.2, 0.25) is 0 Å². The molecule has 1 heterocycles. The van der Waals surface area contributed by atoms with Gasteiger partial charge in [-0.1, -0.05) is 33.6 Å². The van der Waals surface area contributed by atoms with Crippen LogP contribution in [0.3, 0.4) is 0 Å². The van der Waals surface area contributed by atoms with Crippen LogP contribution in [-0.4, -0.2) is 24.3 Å². The first kappa shape index (κ1) is 15.3. The lowest BCUT2D eigenvalue weighted by molar-refractivity contribution is -0.0942. The fourth-order valence-electron chi connectivity index (χ4n) is 3.90. The molecular weight excluding hydrogens is 234 g/mol. The van der Waals surface area contributed by atoms with E-state index in [1.807, 2.05) is 0 Å². The summed E-state index contributed by atoms with van der Waals surface area (Å²) in [6.45, 7) is 7.91. The number of ether oxygens (including phenoxy) is 1. The molecule has 19 heavy (non-hydrogen) atoms. The lowest BCUT2D eigenvalue weighted by Crippen LogP contribution is -2.49. The van der Waals surface area contributed by atoms with Crippen molar-refractivity contribution in [2.24, 2.45) is 5.92 Å². The molecule has 2 fully saturated rings. The lowest BCUT2D eigenvalue weighted by atomic mass is 9.85. The average Bonchev–Trinajstić information content (AvgIpc) is 2.64. The van der Waals surface area contributed by atoms with Crippen LogP contribution >= 0.6 is 0 Å². The third kappa shape index (κ3) is 4.19. The second kappa shape index (κ2) is 7.08. The summed E-state index contributed by atoms with van der Waals surface area (Å²) in [5.41, 5.74) is 0.161. The van der Waals surface area contributed by atoms with E-state index in [0.29, 0.717) is 6.04 Å². The Morgan fingerprint density at radius 1 is 1.00 bits per heavy atom. The van der Waals surface area contributed by atoms with Gasteiger partial charge in [0.25, 0.3) is 0 Å². The Kier molecular flexibility index (Phi) is 5.70. The summed E-state index contributed by atoms with van der Waals surface area (Å²) in [4.78, 5) is 0. The fourth-order valence-corrected chi connectivity index (χ4v) is 3.90. The minimum absolute atomic E-state index is 0.161. The second-order valence-electron chi connectivity index (χ2n) is 6.91. The van der Waals surface area contributed by atoms with Crippen LogP contribution in [0.4, 0.5) is 0 Å². The summed E-state index contributed by atoms with van der Waals surface area (Å²) < 4.78 is 6.09. The lowest BCUT2D eigenvalue weighted by Gasteiger charge is -2.41. The number of hydrogen-bond acceptors (Lipinski definition) is 2. The maximum atomic E-state index is 6.09. The molecule has 112 valence electrons. The van der Waals surface area contributed by atoms with E-state index in [-0.39, 0.29) is 5.60 Å². The van der Waals surface area contributed by atoms with E-state index < -0.39 is 0 Å². The Bertz CT molecular complexity index is 262. The summed E-state index contributed by atoms with van der Waals surface area (Å²) in [6.07, 6.45) is 11.7. The second-order valence-corrected chi connectivity index (χ2v) is 6.91. The minimum atomic E-state index is 0.161. The average molecular weight is 267 g/mol. The zero-order chi connectivity index (χ0) is 13.7. The van der Waals surface area contributed by atoms with Gasteiger partial charge in [0.15, 0.2) is 0 Å². The van der Waals surface area contributed by atoms with E-state index in [2.05, 4.69) is 26.1 Å². The van der Waals surface area contributed by atoms with E-state index >= 15 is 0 Å². The van der Waals surface area contributed by atoms with Gasteiger partial charge in [-0.2, -0.15) is 0 Å². The maximum absolute atomic E-state index is 6.09. The van der Waals surface area contributed by atoms with E-state index in [1.54, 1.807) is 0 Å². The highest BCUT2D eigenvalue weighted by Gasteiger charge is 2.35. The van der Waals surface area contributed by atoms with Crippen LogP contribution in [0, 0.1) is 5.92 Å². The normalized spacial score (nSPS) is 35.8. The number of hydrogen-bond donors (Lipinski definition) is 1. The molecule has 1 N–H and O–H groups in total. The quantitative estimate of drug-likeness (QED) is 0.768. The van der Waals surface area contributed by atoms with Crippen molar-refractivity contribution in [3.8, 4) is 0 Å². The zero-order valence-electron chi connectivity index (χ0n) is 13.2. The molecule has 1 saturated heterocycles. The Morgan fingerprint density at radius 2 is 1.79 bits per heavy atom. The molecule has 2 heteroatoms. The Balaban J connectivity index is 1.84. The van der Waals surface area contributed by atoms with Crippen LogP contribution in [0.15, 0.2) is 0 Å². The predicted molar refractivity (Wildman–Crippen MR) is 81.5 cm³/mol. The molecular formula is C17H33NO. The molecule has 0 spiro atoms. The van der Waals surface area contributed by atoms with Crippen molar-refractivity contribution < 1.29 is 4.74 Å². The largest absolute Gasteiger partial charge is 0.375 e. The Morgan fingerprint density at radius 3 is 2.53 bits per heavy atom. The van der Waals surface area contributed by atoms with Crippen LogP contribution in [0.25, 0.3) is 0 Å². The van der Waals surface area contributed by atoms with Gasteiger partial charge >= 0.3 is 0 Å². The van der Waals surface area contributed by atoms with Gasteiger partial charge in [-0.25, -0.2) is 0 Å². The number of rotatable bonds is 4. The minimum Gasteiger partial charge on any atom is -0.375 e. The summed E-state index contributed by atoms with van der Waals surface area (Å²) in [6, 6.07) is 1.45. The maximum Gasteiger partial charge on any atom is 0.0692 e. The molecule has 3 unspecified atom stereocenters. The van der Waals surface area contributed by atoms with E-state index in [4.69, 9.17) is 4.74 Å². The van der Waals surface area contributed by atoms with Crippen LogP contribution in [0.5, 0.6) is 0 Å². The first-order valence-electron chi connectivity index (χ1n) is 8.57. The monoisotopic (exact) mass is 267 g/mol. The SMILES string of the molecule is CCC1(CC)CC(NC2CCCC(C)CC2)CCO1. The number of nitrogens with one attached hydrogen (secondary N) is 1. The molecule has 0 aromatic rings. The molecule has 2 rings (SSSR count). The van der Waals surface area contributed by atoms with Crippen molar-refractivity contribution in [3.05, 3.63) is 0 Å². The highest BCUT2D eigenvalue weighted by molar-refractivity contribution is 4.90. The van der Waals surface area contributed by atoms with Crippen molar-refractivity contribution in [1.82, 2.24) is 5.32 Å². The molecule has 2 aliphatic rings. The van der Waals surface area contributed by atoms with E-state index in [0.717, 1.165) is 31.4 Å². The van der Waals surface area contributed by atoms with Gasteiger partial charge in [0, 0.05) is 18.7 Å². The Labute approximate surface area is 119 Å². The van der Waals surface area contributed by atoms with Crippen molar-refractivity contribution in [3.63, 3.8) is 0 Å².